The van der Waals surface area contributed by atoms with Gasteiger partial charge in [-0.1, -0.05) is 18.2 Å². The summed E-state index contributed by atoms with van der Waals surface area (Å²) < 4.78 is 112. The Morgan fingerprint density at radius 3 is 1.30 bits per heavy atom. The van der Waals surface area contributed by atoms with E-state index in [2.05, 4.69) is 0 Å². The summed E-state index contributed by atoms with van der Waals surface area (Å²) in [7, 11) is 0. The van der Waals surface area contributed by atoms with Crippen LogP contribution in [0, 0.1) is 0 Å². The lowest BCUT2D eigenvalue weighted by Gasteiger charge is -2.32. The molecule has 113 valence electrons. The number of rotatable bonds is 1. The molecule has 1 aromatic carbocycles. The predicted molar refractivity (Wildman–Crippen MR) is 45.9 cm³/mol. The fourth-order valence-electron chi connectivity index (χ4n) is 1.50. The highest BCUT2D eigenvalue weighted by atomic mass is 19.4. The summed E-state index contributed by atoms with van der Waals surface area (Å²) in [6, 6.07) is 0.935. The van der Waals surface area contributed by atoms with Crippen LogP contribution in [-0.2, 0) is 16.9 Å². The van der Waals surface area contributed by atoms with E-state index in [1.807, 2.05) is 0 Å². The molecule has 10 heteroatoms. The Kier molecular flexibility index (Phi) is 3.77. The third kappa shape index (κ3) is 2.56. The lowest BCUT2D eigenvalue weighted by molar-refractivity contribution is -0.395. The maximum Gasteiger partial charge on any atom is 0.434 e. The van der Waals surface area contributed by atoms with Crippen molar-refractivity contribution >= 4 is 0 Å². The molecule has 0 spiro atoms. The summed E-state index contributed by atoms with van der Waals surface area (Å²) in [6.45, 7) is 0. The molecule has 0 aliphatic carbocycles. The number of halogens is 9. The Hall–Kier alpha value is -1.45. The van der Waals surface area contributed by atoms with Gasteiger partial charge in [-0.05, 0) is 6.07 Å². The molecule has 0 heterocycles. The minimum absolute atomic E-state index is 0.0144. The van der Waals surface area contributed by atoms with Crippen LogP contribution in [0.2, 0.25) is 0 Å². The van der Waals surface area contributed by atoms with Gasteiger partial charge in [0.05, 0.1) is 5.56 Å². The molecular weight excluding hydrogens is 307 g/mol. The molecule has 0 aromatic heterocycles. The summed E-state index contributed by atoms with van der Waals surface area (Å²) >= 11 is 0. The maximum absolute atomic E-state index is 12.5. The van der Waals surface area contributed by atoms with Gasteiger partial charge in [0.25, 0.3) is 0 Å². The molecule has 1 radical (unpaired) electrons. The molecule has 0 aliphatic heterocycles. The molecule has 0 fully saturated rings. The van der Waals surface area contributed by atoms with Crippen molar-refractivity contribution in [1.29, 1.82) is 0 Å². The Morgan fingerprint density at radius 2 is 1.00 bits per heavy atom. The van der Waals surface area contributed by atoms with E-state index in [1.165, 1.54) is 0 Å². The van der Waals surface area contributed by atoms with Crippen molar-refractivity contribution in [3.05, 3.63) is 35.4 Å². The minimum Gasteiger partial charge on any atom is -0.204 e. The molecule has 0 unspecified atom stereocenters. The number of benzene rings is 1. The fraction of sp³-hybridized carbons (Fsp3) is 0.400. The second kappa shape index (κ2) is 4.54. The fourth-order valence-corrected chi connectivity index (χ4v) is 1.50. The lowest BCUT2D eigenvalue weighted by Crippen LogP contribution is -2.53. The average molecular weight is 311 g/mol. The lowest BCUT2D eigenvalue weighted by atomic mass is 9.88. The largest absolute Gasteiger partial charge is 0.434 e. The molecule has 0 saturated heterocycles. The minimum atomic E-state index is -6.48. The number of hydrogen-bond acceptors (Lipinski definition) is 0. The van der Waals surface area contributed by atoms with Crippen LogP contribution in [0.3, 0.4) is 0 Å². The zero-order valence-electron chi connectivity index (χ0n) is 9.12. The number of hydrogen-bond donors (Lipinski definition) is 0. The van der Waals surface area contributed by atoms with Gasteiger partial charge in [0.15, 0.2) is 0 Å². The summed E-state index contributed by atoms with van der Waals surface area (Å²) in [6.07, 6.45) is -18.5. The second-order valence-electron chi connectivity index (χ2n) is 3.72. The Balaban J connectivity index is 3.70. The first-order valence-electron chi connectivity index (χ1n) is 4.73. The third-order valence-electron chi connectivity index (χ3n) is 2.41. The molecule has 0 bridgehead atoms. The van der Waals surface area contributed by atoms with E-state index in [9.17, 15) is 44.6 Å². The van der Waals surface area contributed by atoms with Crippen molar-refractivity contribution in [1.82, 2.24) is 0 Å². The van der Waals surface area contributed by atoms with Crippen molar-refractivity contribution in [2.75, 3.05) is 0 Å². The van der Waals surface area contributed by atoms with Crippen LogP contribution >= 0.6 is 0 Å². The van der Waals surface area contributed by atoms with Gasteiger partial charge in [-0.2, -0.15) is 39.5 Å². The average Bonchev–Trinajstić information content (AvgIpc) is 2.23. The van der Waals surface area contributed by atoms with Crippen LogP contribution in [0.15, 0.2) is 24.3 Å². The summed E-state index contributed by atoms with van der Waals surface area (Å²) in [5, 5.41) is 11.3. The molecular formula is C10H4F9O. The van der Waals surface area contributed by atoms with Crippen LogP contribution in [0.4, 0.5) is 39.5 Å². The summed E-state index contributed by atoms with van der Waals surface area (Å²) in [4.78, 5) is 0. The topological polar surface area (TPSA) is 19.9 Å². The Morgan fingerprint density at radius 1 is 0.650 bits per heavy atom. The van der Waals surface area contributed by atoms with E-state index in [-0.39, 0.29) is 12.1 Å². The van der Waals surface area contributed by atoms with Crippen molar-refractivity contribution in [2.45, 2.75) is 24.1 Å². The normalized spacial score (nSPS) is 14.5. The maximum atomic E-state index is 12.5. The molecule has 0 aliphatic rings. The van der Waals surface area contributed by atoms with Crippen LogP contribution < -0.4 is 0 Å². The molecule has 0 saturated carbocycles. The van der Waals surface area contributed by atoms with E-state index in [0.717, 1.165) is 0 Å². The highest BCUT2D eigenvalue weighted by molar-refractivity contribution is 5.37. The van der Waals surface area contributed by atoms with E-state index in [4.69, 9.17) is 0 Å². The van der Waals surface area contributed by atoms with Crippen molar-refractivity contribution in [2.24, 2.45) is 0 Å². The zero-order valence-corrected chi connectivity index (χ0v) is 9.12. The summed E-state index contributed by atoms with van der Waals surface area (Å²) in [5.41, 5.74) is -10.6. The van der Waals surface area contributed by atoms with Crippen molar-refractivity contribution in [3.63, 3.8) is 0 Å². The highest BCUT2D eigenvalue weighted by Crippen LogP contribution is 2.53. The van der Waals surface area contributed by atoms with E-state index in [0.29, 0.717) is 12.1 Å². The van der Waals surface area contributed by atoms with Gasteiger partial charge < -0.3 is 0 Å². The summed E-state index contributed by atoms with van der Waals surface area (Å²) in [5.74, 6) is 0. The first-order chi connectivity index (χ1) is 8.73. The van der Waals surface area contributed by atoms with Gasteiger partial charge in [0.1, 0.15) is 0 Å². The van der Waals surface area contributed by atoms with Gasteiger partial charge in [-0.15, -0.1) is 0 Å². The van der Waals surface area contributed by atoms with E-state index in [1.54, 1.807) is 0 Å². The monoisotopic (exact) mass is 311 g/mol. The highest BCUT2D eigenvalue weighted by Gasteiger charge is 2.74. The number of alkyl halides is 9. The molecule has 1 nitrogen and oxygen atoms in total. The van der Waals surface area contributed by atoms with Crippen LogP contribution in [-0.4, -0.2) is 12.4 Å². The Labute approximate surface area is 105 Å². The van der Waals surface area contributed by atoms with Crippen molar-refractivity contribution in [3.8, 4) is 0 Å². The smallest absolute Gasteiger partial charge is 0.204 e. The molecule has 20 heavy (non-hydrogen) atoms. The van der Waals surface area contributed by atoms with Crippen LogP contribution in [0.1, 0.15) is 11.1 Å². The van der Waals surface area contributed by atoms with E-state index >= 15 is 0 Å². The van der Waals surface area contributed by atoms with Crippen molar-refractivity contribution < 1.29 is 44.6 Å². The first-order valence-corrected chi connectivity index (χ1v) is 4.73. The van der Waals surface area contributed by atoms with Gasteiger partial charge in [0, 0.05) is 5.56 Å². The quantitative estimate of drug-likeness (QED) is 0.683. The van der Waals surface area contributed by atoms with Gasteiger partial charge >= 0.3 is 24.1 Å². The Bertz CT molecular complexity index is 469. The standard InChI is InChI=1S/C10H4F9O/c11-8(12,13)6-4-2-1-3-5(6)7(20,9(14,15)16)10(17,18)19/h1-4H. The second-order valence-corrected chi connectivity index (χ2v) is 3.72. The van der Waals surface area contributed by atoms with Crippen LogP contribution in [0.25, 0.3) is 0 Å². The molecule has 0 amide bonds. The van der Waals surface area contributed by atoms with Crippen LogP contribution in [0.5, 0.6) is 0 Å². The molecule has 0 atom stereocenters. The SMILES string of the molecule is [O]C(c1ccccc1C(F)(F)F)(C(F)(F)F)C(F)(F)F. The van der Waals surface area contributed by atoms with Gasteiger partial charge in [-0.25, -0.2) is 5.11 Å². The first kappa shape index (κ1) is 16.6. The van der Waals surface area contributed by atoms with Gasteiger partial charge in [-0.3, -0.25) is 0 Å². The third-order valence-corrected chi connectivity index (χ3v) is 2.41. The zero-order chi connectivity index (χ0) is 16.0. The predicted octanol–water partition coefficient (Wildman–Crippen LogP) is 4.46. The molecule has 1 rings (SSSR count). The van der Waals surface area contributed by atoms with E-state index < -0.39 is 35.3 Å². The molecule has 0 N–H and O–H groups in total. The molecule has 1 aromatic rings. The van der Waals surface area contributed by atoms with Gasteiger partial charge in [0.2, 0.25) is 0 Å².